The van der Waals surface area contributed by atoms with Crippen molar-refractivity contribution in [1.29, 1.82) is 0 Å². The van der Waals surface area contributed by atoms with E-state index < -0.39 is 0 Å². The fourth-order valence-corrected chi connectivity index (χ4v) is 3.07. The Hall–Kier alpha value is -0.770. The Labute approximate surface area is 118 Å². The van der Waals surface area contributed by atoms with E-state index in [-0.39, 0.29) is 0 Å². The first-order valence-corrected chi connectivity index (χ1v) is 8.03. The van der Waals surface area contributed by atoms with Crippen LogP contribution in [0.1, 0.15) is 46.0 Å². The summed E-state index contributed by atoms with van der Waals surface area (Å²) >= 11 is 0. The van der Waals surface area contributed by atoms with E-state index in [4.69, 9.17) is 0 Å². The van der Waals surface area contributed by atoms with Crippen LogP contribution in [0.4, 0.5) is 0 Å². The zero-order chi connectivity index (χ0) is 13.5. The summed E-state index contributed by atoms with van der Waals surface area (Å²) in [5, 5.41) is 6.87. The lowest BCUT2D eigenvalue weighted by Gasteiger charge is -2.34. The second-order valence-corrected chi connectivity index (χ2v) is 6.15. The van der Waals surface area contributed by atoms with Gasteiger partial charge in [0.05, 0.1) is 0 Å². The molecule has 2 rings (SSSR count). The van der Waals surface area contributed by atoms with E-state index in [1.165, 1.54) is 38.8 Å². The molecular formula is C15H30N4. The summed E-state index contributed by atoms with van der Waals surface area (Å²) in [6, 6.07) is 0.629. The first-order valence-electron chi connectivity index (χ1n) is 8.03. The zero-order valence-corrected chi connectivity index (χ0v) is 12.6. The second-order valence-electron chi connectivity index (χ2n) is 6.15. The van der Waals surface area contributed by atoms with Gasteiger partial charge >= 0.3 is 0 Å². The molecule has 0 radical (unpaired) electrons. The van der Waals surface area contributed by atoms with Crippen molar-refractivity contribution in [1.82, 2.24) is 15.5 Å². The highest BCUT2D eigenvalue weighted by Crippen LogP contribution is 2.17. The minimum atomic E-state index is 0.629. The molecule has 1 atom stereocenters. The summed E-state index contributed by atoms with van der Waals surface area (Å²) < 4.78 is 0. The van der Waals surface area contributed by atoms with Crippen molar-refractivity contribution in [3.05, 3.63) is 0 Å². The van der Waals surface area contributed by atoms with Gasteiger partial charge in [-0.05, 0) is 38.3 Å². The SMILES string of the molecule is CC(C)C(CNC1=NCCCN1)N1CCCCCC1. The van der Waals surface area contributed by atoms with Crippen LogP contribution in [0.3, 0.4) is 0 Å². The molecule has 2 N–H and O–H groups in total. The fourth-order valence-electron chi connectivity index (χ4n) is 3.07. The summed E-state index contributed by atoms with van der Waals surface area (Å²) in [6.07, 6.45) is 6.70. The van der Waals surface area contributed by atoms with Gasteiger partial charge in [0, 0.05) is 25.7 Å². The zero-order valence-electron chi connectivity index (χ0n) is 12.6. The van der Waals surface area contributed by atoms with Crippen LogP contribution in [-0.2, 0) is 0 Å². The van der Waals surface area contributed by atoms with Crippen molar-refractivity contribution in [3.8, 4) is 0 Å². The molecule has 2 aliphatic heterocycles. The maximum Gasteiger partial charge on any atom is 0.191 e. The van der Waals surface area contributed by atoms with Crippen molar-refractivity contribution in [2.24, 2.45) is 10.9 Å². The topological polar surface area (TPSA) is 39.7 Å². The molecule has 0 saturated carbocycles. The van der Waals surface area contributed by atoms with E-state index in [0.29, 0.717) is 12.0 Å². The molecule has 0 aromatic rings. The molecule has 1 saturated heterocycles. The molecule has 0 amide bonds. The third-order valence-corrected chi connectivity index (χ3v) is 4.26. The van der Waals surface area contributed by atoms with E-state index >= 15 is 0 Å². The molecule has 2 aliphatic rings. The molecule has 2 heterocycles. The maximum absolute atomic E-state index is 4.50. The Balaban J connectivity index is 1.85. The molecular weight excluding hydrogens is 236 g/mol. The summed E-state index contributed by atoms with van der Waals surface area (Å²) in [6.45, 7) is 10.3. The molecule has 0 aliphatic carbocycles. The molecule has 1 fully saturated rings. The molecule has 0 spiro atoms. The van der Waals surface area contributed by atoms with Crippen LogP contribution in [0.15, 0.2) is 4.99 Å². The van der Waals surface area contributed by atoms with E-state index in [1.807, 2.05) is 0 Å². The lowest BCUT2D eigenvalue weighted by molar-refractivity contribution is 0.161. The Morgan fingerprint density at radius 3 is 2.47 bits per heavy atom. The van der Waals surface area contributed by atoms with E-state index in [0.717, 1.165) is 32.0 Å². The third kappa shape index (κ3) is 4.68. The number of hydrogen-bond donors (Lipinski definition) is 2. The minimum Gasteiger partial charge on any atom is -0.356 e. The van der Waals surface area contributed by atoms with Crippen molar-refractivity contribution < 1.29 is 0 Å². The van der Waals surface area contributed by atoms with Gasteiger partial charge in [0.2, 0.25) is 0 Å². The molecule has 0 bridgehead atoms. The highest BCUT2D eigenvalue weighted by molar-refractivity contribution is 5.80. The van der Waals surface area contributed by atoms with Crippen LogP contribution in [-0.4, -0.2) is 49.6 Å². The number of likely N-dealkylation sites (tertiary alicyclic amines) is 1. The van der Waals surface area contributed by atoms with Crippen LogP contribution in [0.25, 0.3) is 0 Å². The summed E-state index contributed by atoms with van der Waals surface area (Å²) in [5.74, 6) is 1.70. The fraction of sp³-hybridized carbons (Fsp3) is 0.933. The first-order chi connectivity index (χ1) is 9.27. The number of aliphatic imine (C=N–C) groups is 1. The quantitative estimate of drug-likeness (QED) is 0.815. The van der Waals surface area contributed by atoms with E-state index in [2.05, 4.69) is 34.4 Å². The monoisotopic (exact) mass is 266 g/mol. The maximum atomic E-state index is 4.50. The first kappa shape index (κ1) is 14.6. The summed E-state index contributed by atoms with van der Waals surface area (Å²) in [5.41, 5.74) is 0. The number of hydrogen-bond acceptors (Lipinski definition) is 4. The Bertz CT molecular complexity index is 280. The van der Waals surface area contributed by atoms with Gasteiger partial charge < -0.3 is 10.6 Å². The standard InChI is InChI=1S/C15H30N4/c1-13(2)14(19-10-5-3-4-6-11-19)12-18-15-16-8-7-9-17-15/h13-14H,3-12H2,1-2H3,(H2,16,17,18). The summed E-state index contributed by atoms with van der Waals surface area (Å²) in [4.78, 5) is 7.19. The Kier molecular flexibility index (Phi) is 5.95. The largest absolute Gasteiger partial charge is 0.356 e. The highest BCUT2D eigenvalue weighted by Gasteiger charge is 2.23. The molecule has 4 heteroatoms. The van der Waals surface area contributed by atoms with Crippen LogP contribution >= 0.6 is 0 Å². The van der Waals surface area contributed by atoms with Gasteiger partial charge in [-0.1, -0.05) is 26.7 Å². The Morgan fingerprint density at radius 1 is 1.16 bits per heavy atom. The average molecular weight is 266 g/mol. The average Bonchev–Trinajstić information content (AvgIpc) is 2.69. The lowest BCUT2D eigenvalue weighted by Crippen LogP contribution is -2.50. The molecule has 0 aromatic heterocycles. The third-order valence-electron chi connectivity index (χ3n) is 4.26. The highest BCUT2D eigenvalue weighted by atomic mass is 15.2. The van der Waals surface area contributed by atoms with Gasteiger partial charge in [0.15, 0.2) is 5.96 Å². The Morgan fingerprint density at radius 2 is 1.89 bits per heavy atom. The van der Waals surface area contributed by atoms with E-state index in [9.17, 15) is 0 Å². The number of nitrogens with one attached hydrogen (secondary N) is 2. The molecule has 0 aromatic carbocycles. The van der Waals surface area contributed by atoms with Gasteiger partial charge in [-0.3, -0.25) is 9.89 Å². The normalized spacial score (nSPS) is 23.4. The van der Waals surface area contributed by atoms with Gasteiger partial charge in [-0.25, -0.2) is 0 Å². The van der Waals surface area contributed by atoms with Gasteiger partial charge in [-0.2, -0.15) is 0 Å². The molecule has 4 nitrogen and oxygen atoms in total. The predicted molar refractivity (Wildman–Crippen MR) is 81.6 cm³/mol. The van der Waals surface area contributed by atoms with Gasteiger partial charge in [0.1, 0.15) is 0 Å². The minimum absolute atomic E-state index is 0.629. The van der Waals surface area contributed by atoms with Crippen molar-refractivity contribution in [2.45, 2.75) is 52.0 Å². The van der Waals surface area contributed by atoms with Crippen LogP contribution in [0, 0.1) is 5.92 Å². The smallest absolute Gasteiger partial charge is 0.191 e. The number of guanidine groups is 1. The molecule has 1 unspecified atom stereocenters. The van der Waals surface area contributed by atoms with Crippen molar-refractivity contribution >= 4 is 5.96 Å². The second kappa shape index (κ2) is 7.73. The van der Waals surface area contributed by atoms with E-state index in [1.54, 1.807) is 0 Å². The number of rotatable bonds is 4. The van der Waals surface area contributed by atoms with Gasteiger partial charge in [0.25, 0.3) is 0 Å². The lowest BCUT2D eigenvalue weighted by atomic mass is 10.0. The number of nitrogens with zero attached hydrogens (tertiary/aromatic N) is 2. The summed E-state index contributed by atoms with van der Waals surface area (Å²) in [7, 11) is 0. The van der Waals surface area contributed by atoms with Crippen LogP contribution in [0.2, 0.25) is 0 Å². The van der Waals surface area contributed by atoms with Gasteiger partial charge in [-0.15, -0.1) is 0 Å². The van der Waals surface area contributed by atoms with Crippen LogP contribution in [0.5, 0.6) is 0 Å². The predicted octanol–water partition coefficient (Wildman–Crippen LogP) is 1.83. The van der Waals surface area contributed by atoms with Crippen molar-refractivity contribution in [3.63, 3.8) is 0 Å². The molecule has 110 valence electrons. The molecule has 19 heavy (non-hydrogen) atoms. The van der Waals surface area contributed by atoms with Crippen molar-refractivity contribution in [2.75, 3.05) is 32.7 Å². The van der Waals surface area contributed by atoms with Crippen LogP contribution < -0.4 is 10.6 Å².